The Morgan fingerprint density at radius 2 is 2.18 bits per heavy atom. The van der Waals surface area contributed by atoms with Crippen LogP contribution in [0.1, 0.15) is 36.8 Å². The van der Waals surface area contributed by atoms with E-state index in [4.69, 9.17) is 4.74 Å². The number of ether oxygens (including phenoxy) is 1. The van der Waals surface area contributed by atoms with Gasteiger partial charge in [-0.3, -0.25) is 0 Å². The molecule has 0 unspecified atom stereocenters. The van der Waals surface area contributed by atoms with Crippen molar-refractivity contribution in [2.24, 2.45) is 0 Å². The van der Waals surface area contributed by atoms with Crippen LogP contribution >= 0.6 is 0 Å². The van der Waals surface area contributed by atoms with Crippen LogP contribution in [0.2, 0.25) is 0 Å². The standard InChI is InChI=1S/C15H23NO/c1-12-6-5-8-15(13(12)2)17-11-9-14-7-3-4-10-16-14/h5-6,8,14,16H,3-4,7,9-11H2,1-2H3/t14-/m1/s1. The Kier molecular flexibility index (Phi) is 4.43. The topological polar surface area (TPSA) is 21.3 Å². The lowest BCUT2D eigenvalue weighted by molar-refractivity contribution is 0.267. The van der Waals surface area contributed by atoms with E-state index in [0.717, 1.165) is 18.8 Å². The highest BCUT2D eigenvalue weighted by Gasteiger charge is 2.12. The maximum absolute atomic E-state index is 5.88. The summed E-state index contributed by atoms with van der Waals surface area (Å²) in [5.74, 6) is 1.04. The molecule has 1 aromatic rings. The fourth-order valence-corrected chi connectivity index (χ4v) is 2.36. The predicted octanol–water partition coefficient (Wildman–Crippen LogP) is 3.21. The van der Waals surface area contributed by atoms with Crippen LogP contribution in [0.5, 0.6) is 5.75 Å². The molecule has 1 aliphatic rings. The van der Waals surface area contributed by atoms with Crippen LogP contribution in [0.15, 0.2) is 18.2 Å². The Morgan fingerprint density at radius 3 is 2.94 bits per heavy atom. The van der Waals surface area contributed by atoms with Crippen molar-refractivity contribution in [2.45, 2.75) is 45.6 Å². The van der Waals surface area contributed by atoms with Crippen molar-refractivity contribution in [3.05, 3.63) is 29.3 Å². The molecule has 1 heterocycles. The molecule has 0 spiro atoms. The molecule has 1 saturated heterocycles. The molecule has 2 nitrogen and oxygen atoms in total. The van der Waals surface area contributed by atoms with Gasteiger partial charge < -0.3 is 10.1 Å². The molecule has 2 rings (SSSR count). The first-order valence-corrected chi connectivity index (χ1v) is 6.70. The lowest BCUT2D eigenvalue weighted by Crippen LogP contribution is -2.35. The van der Waals surface area contributed by atoms with Gasteiger partial charge in [0, 0.05) is 6.04 Å². The summed E-state index contributed by atoms with van der Waals surface area (Å²) in [6.45, 7) is 6.25. The molecule has 0 aromatic heterocycles. The summed E-state index contributed by atoms with van der Waals surface area (Å²) in [6, 6.07) is 6.92. The second-order valence-corrected chi connectivity index (χ2v) is 4.98. The fraction of sp³-hybridized carbons (Fsp3) is 0.600. The van der Waals surface area contributed by atoms with Crippen LogP contribution in [-0.2, 0) is 0 Å². The highest BCUT2D eigenvalue weighted by atomic mass is 16.5. The van der Waals surface area contributed by atoms with E-state index in [0.29, 0.717) is 6.04 Å². The van der Waals surface area contributed by atoms with E-state index in [1.165, 1.54) is 36.9 Å². The van der Waals surface area contributed by atoms with Crippen LogP contribution in [0, 0.1) is 13.8 Å². The number of benzene rings is 1. The van der Waals surface area contributed by atoms with E-state index in [2.05, 4.69) is 37.4 Å². The number of hydrogen-bond acceptors (Lipinski definition) is 2. The lowest BCUT2D eigenvalue weighted by Gasteiger charge is -2.23. The summed E-state index contributed by atoms with van der Waals surface area (Å²) in [4.78, 5) is 0. The third-order valence-corrected chi connectivity index (χ3v) is 3.69. The molecule has 94 valence electrons. The van der Waals surface area contributed by atoms with Gasteiger partial charge in [-0.1, -0.05) is 18.6 Å². The Labute approximate surface area is 104 Å². The van der Waals surface area contributed by atoms with E-state index in [-0.39, 0.29) is 0 Å². The molecular formula is C15H23NO. The number of piperidine rings is 1. The summed E-state index contributed by atoms with van der Waals surface area (Å²) < 4.78 is 5.88. The molecule has 0 amide bonds. The largest absolute Gasteiger partial charge is 0.493 e. The molecular weight excluding hydrogens is 210 g/mol. The summed E-state index contributed by atoms with van der Waals surface area (Å²) >= 11 is 0. The van der Waals surface area contributed by atoms with E-state index in [9.17, 15) is 0 Å². The van der Waals surface area contributed by atoms with Gasteiger partial charge in [-0.2, -0.15) is 0 Å². The molecule has 0 aliphatic carbocycles. The highest BCUT2D eigenvalue weighted by Crippen LogP contribution is 2.21. The molecule has 0 bridgehead atoms. The van der Waals surface area contributed by atoms with Gasteiger partial charge in [0.15, 0.2) is 0 Å². The molecule has 1 aromatic carbocycles. The lowest BCUT2D eigenvalue weighted by atomic mass is 10.0. The van der Waals surface area contributed by atoms with Gasteiger partial charge in [0.05, 0.1) is 6.61 Å². The first kappa shape index (κ1) is 12.4. The van der Waals surface area contributed by atoms with Crippen molar-refractivity contribution in [3.8, 4) is 5.75 Å². The third-order valence-electron chi connectivity index (χ3n) is 3.69. The van der Waals surface area contributed by atoms with Crippen molar-refractivity contribution in [1.29, 1.82) is 0 Å². The predicted molar refractivity (Wildman–Crippen MR) is 71.7 cm³/mol. The average molecular weight is 233 g/mol. The fourth-order valence-electron chi connectivity index (χ4n) is 2.36. The molecule has 1 aliphatic heterocycles. The number of nitrogens with one attached hydrogen (secondary N) is 1. The molecule has 0 saturated carbocycles. The Morgan fingerprint density at radius 1 is 1.29 bits per heavy atom. The van der Waals surface area contributed by atoms with Crippen LogP contribution in [0.3, 0.4) is 0 Å². The third kappa shape index (κ3) is 3.47. The minimum Gasteiger partial charge on any atom is -0.493 e. The summed E-state index contributed by atoms with van der Waals surface area (Å²) in [6.07, 6.45) is 5.11. The molecule has 1 fully saturated rings. The van der Waals surface area contributed by atoms with Crippen molar-refractivity contribution >= 4 is 0 Å². The minimum absolute atomic E-state index is 0.661. The monoisotopic (exact) mass is 233 g/mol. The molecule has 2 heteroatoms. The summed E-state index contributed by atoms with van der Waals surface area (Å²) in [7, 11) is 0. The van der Waals surface area contributed by atoms with Gasteiger partial charge in [0.2, 0.25) is 0 Å². The number of rotatable bonds is 4. The van der Waals surface area contributed by atoms with E-state index < -0.39 is 0 Å². The zero-order valence-corrected chi connectivity index (χ0v) is 11.0. The maximum Gasteiger partial charge on any atom is 0.122 e. The second kappa shape index (κ2) is 6.06. The van der Waals surface area contributed by atoms with Gasteiger partial charge in [0.25, 0.3) is 0 Å². The molecule has 0 radical (unpaired) electrons. The maximum atomic E-state index is 5.88. The zero-order chi connectivity index (χ0) is 12.1. The first-order valence-electron chi connectivity index (χ1n) is 6.70. The number of aryl methyl sites for hydroxylation is 1. The van der Waals surface area contributed by atoms with Crippen molar-refractivity contribution < 1.29 is 4.74 Å². The van der Waals surface area contributed by atoms with Crippen LogP contribution in [-0.4, -0.2) is 19.2 Å². The molecule has 17 heavy (non-hydrogen) atoms. The highest BCUT2D eigenvalue weighted by molar-refractivity contribution is 5.38. The van der Waals surface area contributed by atoms with Gasteiger partial charge in [-0.05, 0) is 56.8 Å². The van der Waals surface area contributed by atoms with E-state index in [1.807, 2.05) is 0 Å². The molecule has 1 atom stereocenters. The van der Waals surface area contributed by atoms with Gasteiger partial charge >= 0.3 is 0 Å². The first-order chi connectivity index (χ1) is 8.27. The zero-order valence-electron chi connectivity index (χ0n) is 11.0. The Hall–Kier alpha value is -1.02. The Bertz CT molecular complexity index is 356. The van der Waals surface area contributed by atoms with Gasteiger partial charge in [-0.15, -0.1) is 0 Å². The van der Waals surface area contributed by atoms with Gasteiger partial charge in [-0.25, -0.2) is 0 Å². The van der Waals surface area contributed by atoms with Crippen molar-refractivity contribution in [2.75, 3.05) is 13.2 Å². The minimum atomic E-state index is 0.661. The second-order valence-electron chi connectivity index (χ2n) is 4.98. The van der Waals surface area contributed by atoms with Crippen LogP contribution in [0.4, 0.5) is 0 Å². The average Bonchev–Trinajstić information content (AvgIpc) is 2.36. The smallest absolute Gasteiger partial charge is 0.122 e. The van der Waals surface area contributed by atoms with Crippen LogP contribution < -0.4 is 10.1 Å². The van der Waals surface area contributed by atoms with Crippen LogP contribution in [0.25, 0.3) is 0 Å². The SMILES string of the molecule is Cc1cccc(OCC[C@H]2CCCCN2)c1C. The van der Waals surface area contributed by atoms with E-state index in [1.54, 1.807) is 0 Å². The molecule has 1 N–H and O–H groups in total. The quantitative estimate of drug-likeness (QED) is 0.862. The number of hydrogen-bond donors (Lipinski definition) is 1. The van der Waals surface area contributed by atoms with Crippen molar-refractivity contribution in [3.63, 3.8) is 0 Å². The normalized spacial score (nSPS) is 20.2. The van der Waals surface area contributed by atoms with Gasteiger partial charge in [0.1, 0.15) is 5.75 Å². The summed E-state index contributed by atoms with van der Waals surface area (Å²) in [5, 5.41) is 3.55. The Balaban J connectivity index is 1.79. The van der Waals surface area contributed by atoms with Crippen molar-refractivity contribution in [1.82, 2.24) is 5.32 Å². The van der Waals surface area contributed by atoms with E-state index >= 15 is 0 Å². The summed E-state index contributed by atoms with van der Waals surface area (Å²) in [5.41, 5.74) is 2.57.